The summed E-state index contributed by atoms with van der Waals surface area (Å²) in [5.74, 6) is -0.0878. The molecule has 114 valence electrons. The summed E-state index contributed by atoms with van der Waals surface area (Å²) in [7, 11) is 0. The molecule has 4 heteroatoms. The number of rotatable bonds is 4. The van der Waals surface area contributed by atoms with Gasteiger partial charge in [0.15, 0.2) is 0 Å². The second-order valence-electron chi connectivity index (χ2n) is 5.05. The number of benzene rings is 3. The fraction of sp³-hybridized carbons (Fsp3) is 0.0526. The molecule has 0 radical (unpaired) electrons. The van der Waals surface area contributed by atoms with Crippen LogP contribution in [0.15, 0.2) is 72.8 Å². The SMILES string of the molecule is O=C(CSC(=O)c1ccccc1)Nc1ccc2ccccc2c1. The zero-order chi connectivity index (χ0) is 16.1. The second-order valence-corrected chi connectivity index (χ2v) is 6.00. The summed E-state index contributed by atoms with van der Waals surface area (Å²) in [4.78, 5) is 24.0. The Morgan fingerprint density at radius 3 is 2.30 bits per heavy atom. The first-order valence-electron chi connectivity index (χ1n) is 7.23. The van der Waals surface area contributed by atoms with Crippen molar-refractivity contribution in [1.29, 1.82) is 0 Å². The van der Waals surface area contributed by atoms with Crippen LogP contribution >= 0.6 is 11.8 Å². The fourth-order valence-electron chi connectivity index (χ4n) is 2.25. The summed E-state index contributed by atoms with van der Waals surface area (Å²) in [5.41, 5.74) is 1.34. The lowest BCUT2D eigenvalue weighted by Crippen LogP contribution is -2.15. The van der Waals surface area contributed by atoms with E-state index in [1.165, 1.54) is 0 Å². The van der Waals surface area contributed by atoms with Gasteiger partial charge in [0.05, 0.1) is 5.75 Å². The van der Waals surface area contributed by atoms with Crippen molar-refractivity contribution < 1.29 is 9.59 Å². The Bertz CT molecular complexity index is 846. The van der Waals surface area contributed by atoms with Crippen molar-refractivity contribution in [3.8, 4) is 0 Å². The van der Waals surface area contributed by atoms with Gasteiger partial charge in [-0.1, -0.05) is 72.4 Å². The molecular formula is C19H15NO2S. The zero-order valence-electron chi connectivity index (χ0n) is 12.4. The molecule has 0 spiro atoms. The minimum absolute atomic E-state index is 0.0978. The lowest BCUT2D eigenvalue weighted by Gasteiger charge is -2.06. The van der Waals surface area contributed by atoms with Crippen LogP contribution in [0, 0.1) is 0 Å². The predicted molar refractivity (Wildman–Crippen MR) is 95.8 cm³/mol. The summed E-state index contributed by atoms with van der Waals surface area (Å²) < 4.78 is 0. The maximum atomic E-state index is 12.0. The monoisotopic (exact) mass is 321 g/mol. The fourth-order valence-corrected chi connectivity index (χ4v) is 2.89. The lowest BCUT2D eigenvalue weighted by molar-refractivity contribution is -0.113. The summed E-state index contributed by atoms with van der Waals surface area (Å²) >= 11 is 1.01. The van der Waals surface area contributed by atoms with Crippen LogP contribution < -0.4 is 5.32 Å². The zero-order valence-corrected chi connectivity index (χ0v) is 13.2. The molecule has 3 aromatic carbocycles. The van der Waals surface area contributed by atoms with E-state index in [1.54, 1.807) is 12.1 Å². The van der Waals surface area contributed by atoms with Crippen LogP contribution in [-0.4, -0.2) is 16.8 Å². The van der Waals surface area contributed by atoms with Crippen molar-refractivity contribution in [2.75, 3.05) is 11.1 Å². The van der Waals surface area contributed by atoms with E-state index in [0.717, 1.165) is 28.2 Å². The van der Waals surface area contributed by atoms with Crippen LogP contribution in [-0.2, 0) is 4.79 Å². The highest BCUT2D eigenvalue weighted by Crippen LogP contribution is 2.19. The summed E-state index contributed by atoms with van der Waals surface area (Å²) in [6.07, 6.45) is 0. The highest BCUT2D eigenvalue weighted by molar-refractivity contribution is 8.14. The molecule has 1 N–H and O–H groups in total. The van der Waals surface area contributed by atoms with Crippen LogP contribution in [0.4, 0.5) is 5.69 Å². The molecular weight excluding hydrogens is 306 g/mol. The average Bonchev–Trinajstić information content (AvgIpc) is 2.60. The molecule has 0 heterocycles. The number of nitrogens with one attached hydrogen (secondary N) is 1. The number of thioether (sulfide) groups is 1. The van der Waals surface area contributed by atoms with Gasteiger partial charge in [0.1, 0.15) is 0 Å². The molecule has 3 rings (SSSR count). The third-order valence-corrected chi connectivity index (χ3v) is 4.28. The number of hydrogen-bond acceptors (Lipinski definition) is 3. The number of fused-ring (bicyclic) bond motifs is 1. The van der Waals surface area contributed by atoms with Gasteiger partial charge in [0, 0.05) is 11.3 Å². The normalized spacial score (nSPS) is 10.4. The van der Waals surface area contributed by atoms with Crippen molar-refractivity contribution in [3.63, 3.8) is 0 Å². The van der Waals surface area contributed by atoms with E-state index >= 15 is 0 Å². The molecule has 0 bridgehead atoms. The van der Waals surface area contributed by atoms with Gasteiger partial charge >= 0.3 is 0 Å². The summed E-state index contributed by atoms with van der Waals surface area (Å²) in [5, 5.41) is 4.92. The highest BCUT2D eigenvalue weighted by Gasteiger charge is 2.10. The van der Waals surface area contributed by atoms with Crippen molar-refractivity contribution in [1.82, 2.24) is 0 Å². The smallest absolute Gasteiger partial charge is 0.234 e. The first-order valence-corrected chi connectivity index (χ1v) is 8.22. The molecule has 0 saturated heterocycles. The average molecular weight is 321 g/mol. The molecule has 23 heavy (non-hydrogen) atoms. The van der Waals surface area contributed by atoms with E-state index in [9.17, 15) is 9.59 Å². The van der Waals surface area contributed by atoms with Crippen LogP contribution in [0.3, 0.4) is 0 Å². The Morgan fingerprint density at radius 2 is 1.52 bits per heavy atom. The molecule has 3 nitrogen and oxygen atoms in total. The Kier molecular flexibility index (Phi) is 4.74. The van der Waals surface area contributed by atoms with E-state index in [2.05, 4.69) is 5.32 Å². The van der Waals surface area contributed by atoms with Gasteiger partial charge < -0.3 is 5.32 Å². The minimum Gasteiger partial charge on any atom is -0.325 e. The summed E-state index contributed by atoms with van der Waals surface area (Å²) in [6.45, 7) is 0. The molecule has 3 aromatic rings. The van der Waals surface area contributed by atoms with Gasteiger partial charge in [-0.05, 0) is 22.9 Å². The van der Waals surface area contributed by atoms with Crippen molar-refractivity contribution in [3.05, 3.63) is 78.4 Å². The maximum absolute atomic E-state index is 12.0. The minimum atomic E-state index is -0.186. The summed E-state index contributed by atoms with van der Waals surface area (Å²) in [6, 6.07) is 22.7. The molecule has 0 aliphatic rings. The van der Waals surface area contributed by atoms with Crippen LogP contribution in [0.2, 0.25) is 0 Å². The van der Waals surface area contributed by atoms with Gasteiger partial charge in [-0.15, -0.1) is 0 Å². The van der Waals surface area contributed by atoms with Gasteiger partial charge in [0.25, 0.3) is 0 Å². The molecule has 0 aliphatic heterocycles. The van der Waals surface area contributed by atoms with E-state index in [-0.39, 0.29) is 16.8 Å². The van der Waals surface area contributed by atoms with Crippen LogP contribution in [0.5, 0.6) is 0 Å². The number of amides is 1. The third-order valence-electron chi connectivity index (χ3n) is 3.38. The highest BCUT2D eigenvalue weighted by atomic mass is 32.2. The second kappa shape index (κ2) is 7.11. The molecule has 0 unspecified atom stereocenters. The van der Waals surface area contributed by atoms with E-state index in [1.807, 2.05) is 60.7 Å². The van der Waals surface area contributed by atoms with E-state index < -0.39 is 0 Å². The van der Waals surface area contributed by atoms with Gasteiger partial charge in [-0.2, -0.15) is 0 Å². The standard InChI is InChI=1S/C19H15NO2S/c21-18(13-23-19(22)15-7-2-1-3-8-15)20-17-11-10-14-6-4-5-9-16(14)12-17/h1-12H,13H2,(H,20,21). The first-order chi connectivity index (χ1) is 11.2. The Labute approximate surface area is 138 Å². The predicted octanol–water partition coefficient (Wildman–Crippen LogP) is 4.35. The van der Waals surface area contributed by atoms with Crippen molar-refractivity contribution >= 4 is 39.2 Å². The largest absolute Gasteiger partial charge is 0.325 e. The lowest BCUT2D eigenvalue weighted by atomic mass is 10.1. The van der Waals surface area contributed by atoms with Crippen molar-refractivity contribution in [2.24, 2.45) is 0 Å². The molecule has 0 aromatic heterocycles. The number of carbonyl (C=O) groups excluding carboxylic acids is 2. The van der Waals surface area contributed by atoms with Crippen LogP contribution in [0.25, 0.3) is 10.8 Å². The molecule has 1 amide bonds. The molecule has 0 atom stereocenters. The third kappa shape index (κ3) is 3.99. The number of hydrogen-bond donors (Lipinski definition) is 1. The Hall–Kier alpha value is -2.59. The van der Waals surface area contributed by atoms with Crippen LogP contribution in [0.1, 0.15) is 10.4 Å². The maximum Gasteiger partial charge on any atom is 0.234 e. The topological polar surface area (TPSA) is 46.2 Å². The first kappa shape index (κ1) is 15.3. The molecule has 0 saturated carbocycles. The quantitative estimate of drug-likeness (QED) is 0.777. The number of carbonyl (C=O) groups is 2. The Morgan fingerprint density at radius 1 is 0.826 bits per heavy atom. The van der Waals surface area contributed by atoms with E-state index in [0.29, 0.717) is 5.56 Å². The van der Waals surface area contributed by atoms with Crippen molar-refractivity contribution in [2.45, 2.75) is 0 Å². The number of anilines is 1. The Balaban J connectivity index is 1.59. The molecule has 0 aliphatic carbocycles. The molecule has 0 fully saturated rings. The van der Waals surface area contributed by atoms with E-state index in [4.69, 9.17) is 0 Å². The van der Waals surface area contributed by atoms with Gasteiger partial charge in [0.2, 0.25) is 11.0 Å². The van der Waals surface area contributed by atoms with Gasteiger partial charge in [-0.3, -0.25) is 9.59 Å². The van der Waals surface area contributed by atoms with Gasteiger partial charge in [-0.25, -0.2) is 0 Å².